The number of hydrogen-bond donors (Lipinski definition) is 1. The van der Waals surface area contributed by atoms with Crippen molar-refractivity contribution >= 4 is 5.69 Å². The van der Waals surface area contributed by atoms with Gasteiger partial charge < -0.3 is 14.9 Å². The van der Waals surface area contributed by atoms with Crippen LogP contribution in [0.3, 0.4) is 0 Å². The summed E-state index contributed by atoms with van der Waals surface area (Å²) in [5, 5.41) is 9.74. The normalized spacial score (nSPS) is 20.7. The van der Waals surface area contributed by atoms with Crippen LogP contribution in [0.2, 0.25) is 0 Å². The fourth-order valence-corrected chi connectivity index (χ4v) is 2.66. The molecule has 0 saturated carbocycles. The predicted molar refractivity (Wildman–Crippen MR) is 83.2 cm³/mol. The third kappa shape index (κ3) is 3.49. The number of rotatable bonds is 5. The molecule has 0 spiro atoms. The minimum absolute atomic E-state index is 0.198. The Hall–Kier alpha value is -1.13. The van der Waals surface area contributed by atoms with Crippen molar-refractivity contribution in [2.75, 3.05) is 32.1 Å². The molecule has 1 aliphatic heterocycles. The van der Waals surface area contributed by atoms with Crippen molar-refractivity contribution in [2.45, 2.75) is 45.3 Å². The highest BCUT2D eigenvalue weighted by atomic mass is 16.3. The van der Waals surface area contributed by atoms with E-state index in [1.54, 1.807) is 0 Å². The summed E-state index contributed by atoms with van der Waals surface area (Å²) in [6.45, 7) is 6.91. The molecule has 0 bridgehead atoms. The molecule has 20 heavy (non-hydrogen) atoms. The smallest absolute Gasteiger partial charge is 0.0780 e. The number of aromatic nitrogens is 1. The largest absolute Gasteiger partial charge is 0.391 e. The van der Waals surface area contributed by atoms with Crippen molar-refractivity contribution in [3.05, 3.63) is 23.5 Å². The van der Waals surface area contributed by atoms with Crippen LogP contribution in [0.25, 0.3) is 0 Å². The fraction of sp³-hybridized carbons (Fsp3) is 0.688. The molecule has 0 aromatic carbocycles. The van der Waals surface area contributed by atoms with Gasteiger partial charge in [-0.05, 0) is 45.0 Å². The third-order valence-corrected chi connectivity index (χ3v) is 4.06. The fourth-order valence-electron chi connectivity index (χ4n) is 2.66. The Kier molecular flexibility index (Phi) is 5.00. The molecule has 4 nitrogen and oxygen atoms in total. The van der Waals surface area contributed by atoms with E-state index in [9.17, 15) is 5.11 Å². The van der Waals surface area contributed by atoms with E-state index in [4.69, 9.17) is 4.98 Å². The Morgan fingerprint density at radius 1 is 1.45 bits per heavy atom. The molecule has 0 amide bonds. The van der Waals surface area contributed by atoms with Gasteiger partial charge in [0.05, 0.1) is 17.5 Å². The second-order valence-corrected chi connectivity index (χ2v) is 6.14. The molecule has 1 aromatic heterocycles. The van der Waals surface area contributed by atoms with Gasteiger partial charge in [-0.3, -0.25) is 4.98 Å². The number of nitrogens with zero attached hydrogens (tertiary/aromatic N) is 3. The molecule has 0 aliphatic carbocycles. The van der Waals surface area contributed by atoms with E-state index >= 15 is 0 Å². The Morgan fingerprint density at radius 2 is 2.20 bits per heavy atom. The molecule has 2 rings (SSSR count). The zero-order valence-corrected chi connectivity index (χ0v) is 13.1. The Morgan fingerprint density at radius 3 is 2.75 bits per heavy atom. The molecule has 1 aliphatic rings. The first-order chi connectivity index (χ1) is 9.51. The van der Waals surface area contributed by atoms with Gasteiger partial charge in [-0.1, -0.05) is 13.8 Å². The number of aliphatic hydroxyl groups is 1. The lowest BCUT2D eigenvalue weighted by Crippen LogP contribution is -2.25. The predicted octanol–water partition coefficient (Wildman–Crippen LogP) is 2.23. The van der Waals surface area contributed by atoms with Crippen molar-refractivity contribution in [1.29, 1.82) is 0 Å². The van der Waals surface area contributed by atoms with Crippen molar-refractivity contribution in [3.63, 3.8) is 0 Å². The van der Waals surface area contributed by atoms with Gasteiger partial charge in [0.15, 0.2) is 0 Å². The quantitative estimate of drug-likeness (QED) is 0.896. The highest BCUT2D eigenvalue weighted by Crippen LogP contribution is 2.27. The maximum atomic E-state index is 9.74. The average molecular weight is 277 g/mol. The van der Waals surface area contributed by atoms with E-state index in [1.165, 1.54) is 11.4 Å². The topological polar surface area (TPSA) is 39.6 Å². The van der Waals surface area contributed by atoms with Gasteiger partial charge in [0.2, 0.25) is 0 Å². The summed E-state index contributed by atoms with van der Waals surface area (Å²) in [6, 6.07) is 4.33. The van der Waals surface area contributed by atoms with Crippen molar-refractivity contribution < 1.29 is 5.11 Å². The maximum Gasteiger partial charge on any atom is 0.0780 e. The van der Waals surface area contributed by atoms with Crippen LogP contribution in [0, 0.1) is 0 Å². The van der Waals surface area contributed by atoms with E-state index < -0.39 is 0 Å². The third-order valence-electron chi connectivity index (χ3n) is 4.06. The SMILES string of the molecule is CCC(C)c1ccc(N2CCC(O)C2)c(CN(C)C)n1. The summed E-state index contributed by atoms with van der Waals surface area (Å²) in [5.74, 6) is 0.495. The Bertz CT molecular complexity index is 447. The minimum atomic E-state index is -0.198. The first-order valence-electron chi connectivity index (χ1n) is 7.58. The molecule has 1 saturated heterocycles. The summed E-state index contributed by atoms with van der Waals surface area (Å²) >= 11 is 0. The molecule has 1 fully saturated rings. The van der Waals surface area contributed by atoms with Gasteiger partial charge in [0, 0.05) is 25.3 Å². The van der Waals surface area contributed by atoms with E-state index in [-0.39, 0.29) is 6.10 Å². The number of anilines is 1. The van der Waals surface area contributed by atoms with Gasteiger partial charge >= 0.3 is 0 Å². The van der Waals surface area contributed by atoms with Crippen LogP contribution in [0.1, 0.15) is 44.0 Å². The van der Waals surface area contributed by atoms with Crippen LogP contribution in [0.5, 0.6) is 0 Å². The van der Waals surface area contributed by atoms with Crippen LogP contribution in [0.15, 0.2) is 12.1 Å². The van der Waals surface area contributed by atoms with Crippen molar-refractivity contribution in [2.24, 2.45) is 0 Å². The molecule has 1 N–H and O–H groups in total. The summed E-state index contributed by atoms with van der Waals surface area (Å²) in [5.41, 5.74) is 3.48. The van der Waals surface area contributed by atoms with Gasteiger partial charge in [0.1, 0.15) is 0 Å². The van der Waals surface area contributed by atoms with Gasteiger partial charge in [-0.25, -0.2) is 0 Å². The molecule has 2 atom stereocenters. The number of pyridine rings is 1. The molecule has 0 radical (unpaired) electrons. The van der Waals surface area contributed by atoms with Crippen LogP contribution in [-0.4, -0.2) is 48.3 Å². The zero-order chi connectivity index (χ0) is 14.7. The monoisotopic (exact) mass is 277 g/mol. The summed E-state index contributed by atoms with van der Waals surface area (Å²) in [4.78, 5) is 9.30. The molecule has 4 heteroatoms. The number of β-amino-alcohol motifs (C(OH)–C–C–N with tert-alkyl or cyclic N) is 1. The molecule has 1 aromatic rings. The zero-order valence-electron chi connectivity index (χ0n) is 13.1. The minimum Gasteiger partial charge on any atom is -0.391 e. The first kappa shape index (κ1) is 15.3. The number of hydrogen-bond acceptors (Lipinski definition) is 4. The molecule has 2 heterocycles. The summed E-state index contributed by atoms with van der Waals surface area (Å²) in [7, 11) is 4.14. The lowest BCUT2D eigenvalue weighted by atomic mass is 10.0. The van der Waals surface area contributed by atoms with Crippen LogP contribution in [0.4, 0.5) is 5.69 Å². The summed E-state index contributed by atoms with van der Waals surface area (Å²) in [6.07, 6.45) is 1.77. The van der Waals surface area contributed by atoms with E-state index in [0.717, 1.165) is 38.2 Å². The maximum absolute atomic E-state index is 9.74. The second kappa shape index (κ2) is 6.55. The van der Waals surface area contributed by atoms with Gasteiger partial charge in [-0.2, -0.15) is 0 Å². The summed E-state index contributed by atoms with van der Waals surface area (Å²) < 4.78 is 0. The van der Waals surface area contributed by atoms with Crippen LogP contribution < -0.4 is 4.90 Å². The standard InChI is InChI=1S/C16H27N3O/c1-5-12(2)14-6-7-16(15(17-14)11-18(3)4)19-9-8-13(20)10-19/h6-7,12-13,20H,5,8-11H2,1-4H3. The van der Waals surface area contributed by atoms with Gasteiger partial charge in [0.25, 0.3) is 0 Å². The van der Waals surface area contributed by atoms with Crippen molar-refractivity contribution in [1.82, 2.24) is 9.88 Å². The number of aliphatic hydroxyl groups excluding tert-OH is 1. The highest BCUT2D eigenvalue weighted by Gasteiger charge is 2.23. The lowest BCUT2D eigenvalue weighted by Gasteiger charge is -2.23. The van der Waals surface area contributed by atoms with Gasteiger partial charge in [-0.15, -0.1) is 0 Å². The van der Waals surface area contributed by atoms with E-state index in [1.807, 2.05) is 0 Å². The molecule has 112 valence electrons. The van der Waals surface area contributed by atoms with Crippen LogP contribution >= 0.6 is 0 Å². The Balaban J connectivity index is 2.30. The van der Waals surface area contributed by atoms with E-state index in [2.05, 4.69) is 49.9 Å². The molecular formula is C16H27N3O. The molecular weight excluding hydrogens is 250 g/mol. The second-order valence-electron chi connectivity index (χ2n) is 6.14. The van der Waals surface area contributed by atoms with E-state index in [0.29, 0.717) is 5.92 Å². The Labute approximate surface area is 122 Å². The van der Waals surface area contributed by atoms with Crippen LogP contribution in [-0.2, 0) is 6.54 Å². The first-order valence-corrected chi connectivity index (χ1v) is 7.58. The lowest BCUT2D eigenvalue weighted by molar-refractivity contribution is 0.198. The van der Waals surface area contributed by atoms with Crippen molar-refractivity contribution in [3.8, 4) is 0 Å². The highest BCUT2D eigenvalue weighted by molar-refractivity contribution is 5.52. The average Bonchev–Trinajstić information content (AvgIpc) is 2.83. The molecule has 2 unspecified atom stereocenters.